The largest absolute Gasteiger partial charge is 0.457 e. The van der Waals surface area contributed by atoms with Gasteiger partial charge in [0.2, 0.25) is 5.91 Å². The molecular formula is C25H31N5O3S. The predicted molar refractivity (Wildman–Crippen MR) is 135 cm³/mol. The van der Waals surface area contributed by atoms with Crippen LogP contribution in [0.1, 0.15) is 56.4 Å². The molecule has 1 fully saturated rings. The van der Waals surface area contributed by atoms with Gasteiger partial charge in [-0.15, -0.1) is 0 Å². The molecule has 0 spiro atoms. The molecule has 1 aromatic carbocycles. The molecule has 2 heterocycles. The van der Waals surface area contributed by atoms with Crippen molar-refractivity contribution in [3.8, 4) is 11.5 Å². The van der Waals surface area contributed by atoms with Crippen molar-refractivity contribution >= 4 is 38.5 Å². The SMILES string of the molecule is CNC(=O)c1cc(Oc2ccc3nc(N[C@H]4CCCC[C@H]4NC(=O)CC(C)C)sc3c2)ccn1. The van der Waals surface area contributed by atoms with Crippen LogP contribution in [-0.4, -0.2) is 40.9 Å². The van der Waals surface area contributed by atoms with Crippen LogP contribution in [0.15, 0.2) is 36.5 Å². The molecule has 0 radical (unpaired) electrons. The topological polar surface area (TPSA) is 105 Å². The molecule has 1 aliphatic carbocycles. The first kappa shape index (κ1) is 23.9. The molecule has 1 saturated carbocycles. The van der Waals surface area contributed by atoms with Crippen LogP contribution in [0.3, 0.4) is 0 Å². The van der Waals surface area contributed by atoms with Crippen LogP contribution < -0.4 is 20.7 Å². The first-order valence-electron chi connectivity index (χ1n) is 11.7. The highest BCUT2D eigenvalue weighted by molar-refractivity contribution is 7.22. The number of rotatable bonds is 8. The summed E-state index contributed by atoms with van der Waals surface area (Å²) in [5.41, 5.74) is 1.18. The average molecular weight is 482 g/mol. The van der Waals surface area contributed by atoms with Crippen molar-refractivity contribution < 1.29 is 14.3 Å². The number of fused-ring (bicyclic) bond motifs is 1. The summed E-state index contributed by atoms with van der Waals surface area (Å²) in [7, 11) is 1.57. The van der Waals surface area contributed by atoms with Gasteiger partial charge in [0.25, 0.3) is 5.91 Å². The van der Waals surface area contributed by atoms with Crippen molar-refractivity contribution in [1.82, 2.24) is 20.6 Å². The van der Waals surface area contributed by atoms with Gasteiger partial charge in [0.1, 0.15) is 17.2 Å². The number of anilines is 1. The molecule has 180 valence electrons. The molecule has 1 aliphatic rings. The van der Waals surface area contributed by atoms with E-state index in [1.54, 1.807) is 36.7 Å². The Kier molecular flexibility index (Phi) is 7.62. The van der Waals surface area contributed by atoms with Crippen molar-refractivity contribution in [3.63, 3.8) is 0 Å². The normalized spacial score (nSPS) is 18.0. The molecule has 9 heteroatoms. The molecule has 0 aliphatic heterocycles. The molecular weight excluding hydrogens is 450 g/mol. The van der Waals surface area contributed by atoms with E-state index in [2.05, 4.69) is 34.8 Å². The maximum Gasteiger partial charge on any atom is 0.269 e. The lowest BCUT2D eigenvalue weighted by Gasteiger charge is -2.32. The van der Waals surface area contributed by atoms with Gasteiger partial charge in [-0.1, -0.05) is 38.0 Å². The Hall–Kier alpha value is -3.20. The maximum atomic E-state index is 12.3. The van der Waals surface area contributed by atoms with Gasteiger partial charge in [0.05, 0.1) is 10.2 Å². The molecule has 0 unspecified atom stereocenters. The second kappa shape index (κ2) is 10.8. The average Bonchev–Trinajstić information content (AvgIpc) is 3.21. The van der Waals surface area contributed by atoms with E-state index < -0.39 is 0 Å². The minimum Gasteiger partial charge on any atom is -0.457 e. The number of pyridine rings is 1. The van der Waals surface area contributed by atoms with E-state index in [9.17, 15) is 9.59 Å². The fraction of sp³-hybridized carbons (Fsp3) is 0.440. The summed E-state index contributed by atoms with van der Waals surface area (Å²) in [5.74, 6) is 1.40. The third-order valence-electron chi connectivity index (χ3n) is 5.80. The van der Waals surface area contributed by atoms with Crippen molar-refractivity contribution in [2.45, 2.75) is 58.0 Å². The van der Waals surface area contributed by atoms with Gasteiger partial charge in [-0.3, -0.25) is 14.6 Å². The van der Waals surface area contributed by atoms with E-state index in [-0.39, 0.29) is 23.9 Å². The van der Waals surface area contributed by atoms with E-state index in [1.807, 2.05) is 18.2 Å². The van der Waals surface area contributed by atoms with Crippen LogP contribution in [0.2, 0.25) is 0 Å². The number of hydrogen-bond acceptors (Lipinski definition) is 7. The molecule has 0 bridgehead atoms. The van der Waals surface area contributed by atoms with E-state index in [1.165, 1.54) is 0 Å². The quantitative estimate of drug-likeness (QED) is 0.430. The highest BCUT2D eigenvalue weighted by atomic mass is 32.1. The number of nitrogens with one attached hydrogen (secondary N) is 3. The van der Waals surface area contributed by atoms with Crippen LogP contribution in [0.5, 0.6) is 11.5 Å². The molecule has 34 heavy (non-hydrogen) atoms. The minimum absolute atomic E-state index is 0.118. The van der Waals surface area contributed by atoms with Crippen LogP contribution in [-0.2, 0) is 4.79 Å². The molecule has 4 rings (SSSR count). The monoisotopic (exact) mass is 481 g/mol. The first-order chi connectivity index (χ1) is 16.4. The number of hydrogen-bond donors (Lipinski definition) is 3. The fourth-order valence-corrected chi connectivity index (χ4v) is 5.12. The lowest BCUT2D eigenvalue weighted by atomic mass is 9.90. The van der Waals surface area contributed by atoms with Crippen LogP contribution in [0.25, 0.3) is 10.2 Å². The van der Waals surface area contributed by atoms with Crippen molar-refractivity contribution in [1.29, 1.82) is 0 Å². The molecule has 3 N–H and O–H groups in total. The predicted octanol–water partition coefficient (Wildman–Crippen LogP) is 4.73. The second-order valence-electron chi connectivity index (χ2n) is 9.01. The standard InChI is InChI=1S/C25H31N5O3S/c1-15(2)12-23(31)28-18-6-4-5-7-19(18)29-25-30-20-9-8-16(14-22(20)34-25)33-17-10-11-27-21(13-17)24(32)26-3/h8-11,13-15,18-19H,4-7,12H2,1-3H3,(H,26,32)(H,28,31)(H,29,30)/t18-,19+/m1/s1. The van der Waals surface area contributed by atoms with E-state index in [0.717, 1.165) is 41.0 Å². The summed E-state index contributed by atoms with van der Waals surface area (Å²) < 4.78 is 6.96. The zero-order valence-electron chi connectivity index (χ0n) is 19.8. The Morgan fingerprint density at radius 2 is 1.88 bits per heavy atom. The number of carbonyl (C=O) groups is 2. The lowest BCUT2D eigenvalue weighted by molar-refractivity contribution is -0.122. The Morgan fingerprint density at radius 3 is 2.65 bits per heavy atom. The van der Waals surface area contributed by atoms with Gasteiger partial charge in [-0.2, -0.15) is 0 Å². The number of ether oxygens (including phenoxy) is 1. The van der Waals surface area contributed by atoms with Crippen LogP contribution >= 0.6 is 11.3 Å². The highest BCUT2D eigenvalue weighted by Gasteiger charge is 2.27. The number of nitrogens with zero attached hydrogens (tertiary/aromatic N) is 2. The maximum absolute atomic E-state index is 12.3. The number of thiazole rings is 1. The minimum atomic E-state index is -0.263. The number of aromatic nitrogens is 2. The van der Waals surface area contributed by atoms with Gasteiger partial charge in [-0.25, -0.2) is 4.98 Å². The Morgan fingerprint density at radius 1 is 1.12 bits per heavy atom. The smallest absolute Gasteiger partial charge is 0.269 e. The molecule has 3 aromatic rings. The van der Waals surface area contributed by atoms with Gasteiger partial charge in [0.15, 0.2) is 5.13 Å². The summed E-state index contributed by atoms with van der Waals surface area (Å²) in [6.45, 7) is 4.12. The number of benzene rings is 1. The van der Waals surface area contributed by atoms with Gasteiger partial charge in [-0.05, 0) is 37.0 Å². The summed E-state index contributed by atoms with van der Waals surface area (Å²) in [6, 6.07) is 9.35. The van der Waals surface area contributed by atoms with E-state index in [4.69, 9.17) is 9.72 Å². The van der Waals surface area contributed by atoms with Crippen molar-refractivity contribution in [2.75, 3.05) is 12.4 Å². The molecule has 2 atom stereocenters. The molecule has 0 saturated heterocycles. The van der Waals surface area contributed by atoms with Crippen molar-refractivity contribution in [2.24, 2.45) is 5.92 Å². The Bertz CT molecular complexity index is 1160. The van der Waals surface area contributed by atoms with Crippen LogP contribution in [0.4, 0.5) is 5.13 Å². The third kappa shape index (κ3) is 6.02. The number of carbonyl (C=O) groups excluding carboxylic acids is 2. The summed E-state index contributed by atoms with van der Waals surface area (Å²) in [6.07, 6.45) is 6.35. The highest BCUT2D eigenvalue weighted by Crippen LogP contribution is 2.33. The lowest BCUT2D eigenvalue weighted by Crippen LogP contribution is -2.48. The number of amides is 2. The van der Waals surface area contributed by atoms with Gasteiger partial charge in [0, 0.05) is 43.9 Å². The Balaban J connectivity index is 1.45. The molecule has 2 amide bonds. The van der Waals surface area contributed by atoms with Crippen LogP contribution in [0, 0.1) is 5.92 Å². The summed E-state index contributed by atoms with van der Waals surface area (Å²) >= 11 is 1.57. The zero-order valence-corrected chi connectivity index (χ0v) is 20.6. The molecule has 2 aromatic heterocycles. The van der Waals surface area contributed by atoms with Crippen molar-refractivity contribution in [3.05, 3.63) is 42.2 Å². The third-order valence-corrected chi connectivity index (χ3v) is 6.75. The summed E-state index contributed by atoms with van der Waals surface area (Å²) in [4.78, 5) is 33.0. The fourth-order valence-electron chi connectivity index (χ4n) is 4.16. The zero-order chi connectivity index (χ0) is 24.1. The van der Waals surface area contributed by atoms with E-state index in [0.29, 0.717) is 29.5 Å². The van der Waals surface area contributed by atoms with E-state index >= 15 is 0 Å². The van der Waals surface area contributed by atoms with Gasteiger partial charge < -0.3 is 20.7 Å². The Labute approximate surface area is 203 Å². The van der Waals surface area contributed by atoms with Gasteiger partial charge >= 0.3 is 0 Å². The first-order valence-corrected chi connectivity index (χ1v) is 12.6. The second-order valence-corrected chi connectivity index (χ2v) is 10.0. The summed E-state index contributed by atoms with van der Waals surface area (Å²) in [5, 5.41) is 10.2. The molecule has 8 nitrogen and oxygen atoms in total.